The molecule has 0 saturated carbocycles. The summed E-state index contributed by atoms with van der Waals surface area (Å²) in [7, 11) is 1.44. The van der Waals surface area contributed by atoms with Gasteiger partial charge in [0.15, 0.2) is 5.96 Å². The number of nitrogens with one attached hydrogen (secondary N) is 1. The molecule has 2 N–H and O–H groups in total. The molecule has 6 nitrogen and oxygen atoms in total. The van der Waals surface area contributed by atoms with Crippen molar-refractivity contribution in [1.82, 2.24) is 10.2 Å². The molecular weight excluding hydrogens is 421 g/mol. The van der Waals surface area contributed by atoms with Crippen molar-refractivity contribution in [2.24, 2.45) is 10.9 Å². The van der Waals surface area contributed by atoms with E-state index in [0.717, 1.165) is 44.0 Å². The molecule has 0 atom stereocenters. The zero-order valence-corrected chi connectivity index (χ0v) is 16.5. The minimum Gasteiger partial charge on any atom is -0.508 e. The van der Waals surface area contributed by atoms with Crippen LogP contribution < -0.4 is 5.32 Å². The van der Waals surface area contributed by atoms with E-state index in [1.165, 1.54) is 7.11 Å². The predicted molar refractivity (Wildman–Crippen MR) is 105 cm³/mol. The molecule has 2 rings (SSSR count). The van der Waals surface area contributed by atoms with E-state index in [2.05, 4.69) is 15.2 Å². The molecule has 1 saturated heterocycles. The number of ether oxygens (including phenoxy) is 1. The lowest BCUT2D eigenvalue weighted by Crippen LogP contribution is -2.46. The van der Waals surface area contributed by atoms with Gasteiger partial charge in [-0.15, -0.1) is 24.0 Å². The van der Waals surface area contributed by atoms with Crippen LogP contribution in [0.25, 0.3) is 0 Å². The Morgan fingerprint density at radius 1 is 1.33 bits per heavy atom. The number of benzene rings is 1. The summed E-state index contributed by atoms with van der Waals surface area (Å²) >= 11 is 0. The summed E-state index contributed by atoms with van der Waals surface area (Å²) in [6.07, 6.45) is 1.58. The molecule has 1 aromatic rings. The molecule has 0 aliphatic carbocycles. The minimum atomic E-state index is -0.115. The lowest BCUT2D eigenvalue weighted by Gasteiger charge is -2.33. The maximum absolute atomic E-state index is 11.6. The number of aromatic hydroxyl groups is 1. The van der Waals surface area contributed by atoms with Gasteiger partial charge in [0.25, 0.3) is 0 Å². The fourth-order valence-corrected chi connectivity index (χ4v) is 2.69. The second kappa shape index (κ2) is 10.4. The number of phenolic OH excluding ortho intramolecular Hbond substituents is 1. The van der Waals surface area contributed by atoms with E-state index in [1.54, 1.807) is 12.1 Å². The van der Waals surface area contributed by atoms with Gasteiger partial charge in [0.2, 0.25) is 0 Å². The summed E-state index contributed by atoms with van der Waals surface area (Å²) in [5.41, 5.74) is 1.04. The summed E-state index contributed by atoms with van der Waals surface area (Å²) in [6.45, 7) is 4.98. The van der Waals surface area contributed by atoms with Crippen LogP contribution in [0.4, 0.5) is 0 Å². The van der Waals surface area contributed by atoms with Gasteiger partial charge in [0.05, 0.1) is 19.6 Å². The van der Waals surface area contributed by atoms with Crippen molar-refractivity contribution in [3.8, 4) is 5.75 Å². The number of rotatable bonds is 4. The van der Waals surface area contributed by atoms with E-state index < -0.39 is 0 Å². The number of esters is 1. The Morgan fingerprint density at radius 2 is 1.96 bits per heavy atom. The first kappa shape index (κ1) is 20.5. The largest absolute Gasteiger partial charge is 0.508 e. The topological polar surface area (TPSA) is 74.2 Å². The third-order valence-electron chi connectivity index (χ3n) is 4.01. The molecule has 0 amide bonds. The summed E-state index contributed by atoms with van der Waals surface area (Å²) < 4.78 is 4.82. The van der Waals surface area contributed by atoms with Gasteiger partial charge >= 0.3 is 5.97 Å². The van der Waals surface area contributed by atoms with Crippen molar-refractivity contribution in [2.45, 2.75) is 26.3 Å². The van der Waals surface area contributed by atoms with Crippen molar-refractivity contribution in [1.29, 1.82) is 0 Å². The number of halogens is 1. The van der Waals surface area contributed by atoms with Gasteiger partial charge < -0.3 is 20.1 Å². The van der Waals surface area contributed by atoms with Gasteiger partial charge in [-0.2, -0.15) is 0 Å². The molecule has 0 aromatic heterocycles. The quantitative estimate of drug-likeness (QED) is 0.321. The highest BCUT2D eigenvalue weighted by Crippen LogP contribution is 2.18. The fraction of sp³-hybridized carbons (Fsp3) is 0.529. The number of carbonyl (C=O) groups excluding carboxylic acids is 1. The zero-order valence-electron chi connectivity index (χ0n) is 14.2. The normalized spacial score (nSPS) is 15.6. The van der Waals surface area contributed by atoms with Crippen molar-refractivity contribution >= 4 is 35.9 Å². The molecule has 24 heavy (non-hydrogen) atoms. The average Bonchev–Trinajstić information content (AvgIpc) is 2.59. The van der Waals surface area contributed by atoms with Gasteiger partial charge in [-0.25, -0.2) is 4.99 Å². The van der Waals surface area contributed by atoms with Crippen LogP contribution in [0.5, 0.6) is 5.75 Å². The summed E-state index contributed by atoms with van der Waals surface area (Å²) in [6, 6.07) is 7.07. The van der Waals surface area contributed by atoms with Crippen LogP contribution in [0.2, 0.25) is 0 Å². The van der Waals surface area contributed by atoms with Crippen molar-refractivity contribution in [3.05, 3.63) is 29.8 Å². The third kappa shape index (κ3) is 5.85. The summed E-state index contributed by atoms with van der Waals surface area (Å²) in [5.74, 6) is 1.00. The number of methoxy groups -OCH3 is 1. The number of likely N-dealkylation sites (tertiary alicyclic amines) is 1. The number of carbonyl (C=O) groups is 1. The Kier molecular flexibility index (Phi) is 8.88. The Morgan fingerprint density at radius 3 is 2.50 bits per heavy atom. The summed E-state index contributed by atoms with van der Waals surface area (Å²) in [4.78, 5) is 18.4. The van der Waals surface area contributed by atoms with E-state index in [0.29, 0.717) is 6.54 Å². The minimum absolute atomic E-state index is 0. The van der Waals surface area contributed by atoms with Crippen LogP contribution in [0.1, 0.15) is 25.3 Å². The van der Waals surface area contributed by atoms with Crippen LogP contribution in [0.3, 0.4) is 0 Å². The van der Waals surface area contributed by atoms with Crippen LogP contribution in [-0.2, 0) is 16.1 Å². The molecule has 1 aliphatic rings. The molecule has 1 heterocycles. The van der Waals surface area contributed by atoms with Crippen molar-refractivity contribution in [3.63, 3.8) is 0 Å². The maximum atomic E-state index is 11.6. The molecule has 7 heteroatoms. The molecular formula is C17H26IN3O3. The number of hydrogen-bond acceptors (Lipinski definition) is 4. The Hall–Kier alpha value is -1.51. The highest BCUT2D eigenvalue weighted by molar-refractivity contribution is 14.0. The first-order chi connectivity index (χ1) is 11.1. The first-order valence-electron chi connectivity index (χ1n) is 8.03. The number of hydrogen-bond donors (Lipinski definition) is 2. The molecule has 1 fully saturated rings. The Bertz CT molecular complexity index is 541. The molecule has 0 unspecified atom stereocenters. The van der Waals surface area contributed by atoms with E-state index in [1.807, 2.05) is 19.1 Å². The molecule has 0 bridgehead atoms. The summed E-state index contributed by atoms with van der Waals surface area (Å²) in [5, 5.41) is 12.6. The standard InChI is InChI=1S/C17H25N3O3.HI/c1-3-18-17(19-12-13-4-6-15(21)7-5-13)20-10-8-14(9-11-20)16(22)23-2;/h4-7,14,21H,3,8-12H2,1-2H3,(H,18,19);1H. The third-order valence-corrected chi connectivity index (χ3v) is 4.01. The predicted octanol–water partition coefficient (Wildman–Crippen LogP) is 2.36. The van der Waals surface area contributed by atoms with E-state index >= 15 is 0 Å². The number of piperidine rings is 1. The molecule has 134 valence electrons. The van der Waals surface area contributed by atoms with Crippen LogP contribution >= 0.6 is 24.0 Å². The molecule has 0 radical (unpaired) electrons. The lowest BCUT2D eigenvalue weighted by molar-refractivity contribution is -0.146. The first-order valence-corrected chi connectivity index (χ1v) is 8.03. The van der Waals surface area contributed by atoms with E-state index in [9.17, 15) is 9.90 Å². The van der Waals surface area contributed by atoms with Crippen molar-refractivity contribution < 1.29 is 14.6 Å². The molecule has 0 spiro atoms. The number of nitrogens with zero attached hydrogens (tertiary/aromatic N) is 2. The van der Waals surface area contributed by atoms with E-state index in [4.69, 9.17) is 4.74 Å². The monoisotopic (exact) mass is 447 g/mol. The molecule has 1 aliphatic heterocycles. The molecule has 1 aromatic carbocycles. The lowest BCUT2D eigenvalue weighted by atomic mass is 9.97. The highest BCUT2D eigenvalue weighted by atomic mass is 127. The Balaban J connectivity index is 0.00000288. The van der Waals surface area contributed by atoms with Gasteiger partial charge in [-0.3, -0.25) is 4.79 Å². The SMILES string of the molecule is CCNC(=NCc1ccc(O)cc1)N1CCC(C(=O)OC)CC1.I. The fourth-order valence-electron chi connectivity index (χ4n) is 2.69. The number of guanidine groups is 1. The smallest absolute Gasteiger partial charge is 0.308 e. The van der Waals surface area contributed by atoms with E-state index in [-0.39, 0.29) is 41.6 Å². The van der Waals surface area contributed by atoms with Crippen LogP contribution in [-0.4, -0.2) is 48.7 Å². The zero-order chi connectivity index (χ0) is 16.7. The van der Waals surface area contributed by atoms with Crippen molar-refractivity contribution in [2.75, 3.05) is 26.7 Å². The Labute approximate surface area is 160 Å². The number of aliphatic imine (C=N–C) groups is 1. The van der Waals surface area contributed by atoms with Crippen LogP contribution in [0, 0.1) is 5.92 Å². The van der Waals surface area contributed by atoms with Gasteiger partial charge in [-0.1, -0.05) is 12.1 Å². The van der Waals surface area contributed by atoms with Crippen LogP contribution in [0.15, 0.2) is 29.3 Å². The van der Waals surface area contributed by atoms with Gasteiger partial charge in [0.1, 0.15) is 5.75 Å². The second-order valence-corrected chi connectivity index (χ2v) is 5.62. The second-order valence-electron chi connectivity index (χ2n) is 5.62. The maximum Gasteiger partial charge on any atom is 0.308 e. The average molecular weight is 447 g/mol. The van der Waals surface area contributed by atoms with Gasteiger partial charge in [-0.05, 0) is 37.5 Å². The van der Waals surface area contributed by atoms with Gasteiger partial charge in [0, 0.05) is 19.6 Å². The number of phenols is 1. The highest BCUT2D eigenvalue weighted by Gasteiger charge is 2.26.